The number of halogens is 2. The van der Waals surface area contributed by atoms with Crippen molar-refractivity contribution in [2.75, 3.05) is 61.0 Å². The second-order valence-corrected chi connectivity index (χ2v) is 11.2. The molecule has 0 radical (unpaired) electrons. The number of fused-ring (bicyclic) bond motifs is 1. The van der Waals surface area contributed by atoms with Gasteiger partial charge in [-0.2, -0.15) is 0 Å². The zero-order chi connectivity index (χ0) is 30.4. The fourth-order valence-electron chi connectivity index (χ4n) is 5.65. The molecule has 2 aliphatic heterocycles. The van der Waals surface area contributed by atoms with Gasteiger partial charge in [0.25, 0.3) is 0 Å². The minimum atomic E-state index is -1.34. The van der Waals surface area contributed by atoms with E-state index in [2.05, 4.69) is 10.6 Å². The molecule has 3 heterocycles. The molecule has 1 aliphatic carbocycles. The maximum atomic E-state index is 15.3. The highest BCUT2D eigenvalue weighted by atomic mass is 32.1. The normalized spacial score (nSPS) is 18.6. The van der Waals surface area contributed by atoms with Gasteiger partial charge in [0.1, 0.15) is 23.3 Å². The number of rotatable bonds is 7. The SMILES string of the molecule is CNC(=S)NC[C@H]1CN(c2ccc(N3CCN(c4cc5c(cc4F)c(=O)c(C(=O)O)cn5C4CC4)CC3)c(F)c2)C(=O)O1. The Morgan fingerprint density at radius 3 is 2.35 bits per heavy atom. The Labute approximate surface area is 250 Å². The van der Waals surface area contributed by atoms with Gasteiger partial charge < -0.3 is 34.8 Å². The van der Waals surface area contributed by atoms with E-state index in [0.29, 0.717) is 60.4 Å². The summed E-state index contributed by atoms with van der Waals surface area (Å²) in [7, 11) is 1.68. The topological polar surface area (TPSA) is 119 Å². The van der Waals surface area contributed by atoms with Gasteiger partial charge >= 0.3 is 12.1 Å². The van der Waals surface area contributed by atoms with Crippen LogP contribution in [0.1, 0.15) is 29.2 Å². The maximum Gasteiger partial charge on any atom is 0.414 e. The van der Waals surface area contributed by atoms with Crippen molar-refractivity contribution in [3.8, 4) is 0 Å². The highest BCUT2D eigenvalue weighted by Crippen LogP contribution is 2.38. The lowest BCUT2D eigenvalue weighted by atomic mass is 10.1. The van der Waals surface area contributed by atoms with Crippen LogP contribution in [0.2, 0.25) is 0 Å². The third-order valence-electron chi connectivity index (χ3n) is 8.07. The van der Waals surface area contributed by atoms with E-state index in [1.165, 1.54) is 17.2 Å². The van der Waals surface area contributed by atoms with E-state index in [0.717, 1.165) is 18.9 Å². The maximum absolute atomic E-state index is 15.3. The number of amides is 1. The van der Waals surface area contributed by atoms with Crippen molar-refractivity contribution in [2.24, 2.45) is 0 Å². The van der Waals surface area contributed by atoms with Crippen LogP contribution in [-0.4, -0.2) is 79.3 Å². The first-order chi connectivity index (χ1) is 20.6. The number of aromatic nitrogens is 1. The molecule has 1 amide bonds. The number of nitrogens with zero attached hydrogens (tertiary/aromatic N) is 4. The van der Waals surface area contributed by atoms with Gasteiger partial charge in [-0.1, -0.05) is 0 Å². The average Bonchev–Trinajstić information content (AvgIpc) is 3.77. The van der Waals surface area contributed by atoms with E-state index in [1.54, 1.807) is 29.8 Å². The Kier molecular flexibility index (Phi) is 7.54. The molecule has 1 saturated carbocycles. The zero-order valence-corrected chi connectivity index (χ0v) is 24.1. The van der Waals surface area contributed by atoms with Crippen LogP contribution in [0.5, 0.6) is 0 Å². The summed E-state index contributed by atoms with van der Waals surface area (Å²) >= 11 is 5.05. The lowest BCUT2D eigenvalue weighted by Crippen LogP contribution is -2.47. The molecule has 3 N–H and O–H groups in total. The molecule has 0 spiro atoms. The number of aromatic carboxylic acids is 1. The van der Waals surface area contributed by atoms with Gasteiger partial charge in [-0.05, 0) is 55.4 Å². The molecule has 1 atom stereocenters. The zero-order valence-electron chi connectivity index (χ0n) is 23.3. The number of nitrogens with one attached hydrogen (secondary N) is 2. The Morgan fingerprint density at radius 1 is 1.05 bits per heavy atom. The average molecular weight is 613 g/mol. The predicted molar refractivity (Wildman–Crippen MR) is 161 cm³/mol. The fraction of sp³-hybridized carbons (Fsp3) is 0.379. The van der Waals surface area contributed by atoms with Gasteiger partial charge in [0, 0.05) is 50.9 Å². The smallest absolute Gasteiger partial charge is 0.414 e. The number of thiocarbonyl (C=S) groups is 1. The Bertz CT molecular complexity index is 1690. The number of carboxylic acid groups (broad SMARTS) is 1. The minimum absolute atomic E-state index is 0.0414. The van der Waals surface area contributed by atoms with Crippen molar-refractivity contribution in [1.29, 1.82) is 0 Å². The number of carbonyl (C=O) groups is 2. The lowest BCUT2D eigenvalue weighted by Gasteiger charge is -2.37. The molecule has 0 bridgehead atoms. The number of hydrogen-bond acceptors (Lipinski definition) is 7. The Morgan fingerprint density at radius 2 is 1.72 bits per heavy atom. The van der Waals surface area contributed by atoms with E-state index in [9.17, 15) is 19.5 Å². The number of piperazine rings is 1. The van der Waals surface area contributed by atoms with Crippen LogP contribution in [0.25, 0.3) is 10.9 Å². The summed E-state index contributed by atoms with van der Waals surface area (Å²) in [5, 5.41) is 15.7. The number of cyclic esters (lactones) is 1. The van der Waals surface area contributed by atoms with Crippen molar-refractivity contribution >= 4 is 57.4 Å². The number of anilines is 3. The summed E-state index contributed by atoms with van der Waals surface area (Å²) in [6.07, 6.45) is 2.06. The summed E-state index contributed by atoms with van der Waals surface area (Å²) in [6.45, 7) is 2.18. The van der Waals surface area contributed by atoms with Crippen LogP contribution in [0.4, 0.5) is 30.6 Å². The summed E-state index contributed by atoms with van der Waals surface area (Å²) in [5.74, 6) is -2.44. The lowest BCUT2D eigenvalue weighted by molar-refractivity contribution is 0.0694. The third-order valence-corrected chi connectivity index (χ3v) is 8.42. The molecule has 2 aromatic carbocycles. The molecule has 11 nitrogen and oxygen atoms in total. The molecule has 1 aromatic heterocycles. The summed E-state index contributed by atoms with van der Waals surface area (Å²) in [5.41, 5.74) is 0.487. The number of ether oxygens (including phenoxy) is 1. The highest BCUT2D eigenvalue weighted by Gasteiger charge is 2.33. The molecule has 3 aromatic rings. The van der Waals surface area contributed by atoms with Gasteiger partial charge in [-0.3, -0.25) is 9.69 Å². The highest BCUT2D eigenvalue weighted by molar-refractivity contribution is 7.80. The molecule has 43 heavy (non-hydrogen) atoms. The van der Waals surface area contributed by atoms with Crippen molar-refractivity contribution in [1.82, 2.24) is 15.2 Å². The van der Waals surface area contributed by atoms with Crippen LogP contribution in [0, 0.1) is 11.6 Å². The van der Waals surface area contributed by atoms with Gasteiger partial charge in [-0.25, -0.2) is 18.4 Å². The van der Waals surface area contributed by atoms with Crippen LogP contribution in [0.3, 0.4) is 0 Å². The second-order valence-electron chi connectivity index (χ2n) is 10.8. The number of carbonyl (C=O) groups excluding carboxylic acids is 1. The monoisotopic (exact) mass is 612 g/mol. The standard InChI is InChI=1S/C29H30F2N6O5S/c1-32-28(43)33-13-18-14-37(29(41)42-18)17-4-5-23(21(30)10-17)34-6-8-35(9-7-34)25-12-24-19(11-22(25)31)26(38)20(27(39)40)15-36(24)16-2-3-16/h4-5,10-12,15-16,18H,2-3,6-9,13-14H2,1H3,(H,39,40)(H2,32,33,43)/t18-/m0/s1. The Hall–Kier alpha value is -4.46. The second kappa shape index (κ2) is 11.3. The van der Waals surface area contributed by atoms with Gasteiger partial charge in [0.15, 0.2) is 5.11 Å². The first-order valence-corrected chi connectivity index (χ1v) is 14.4. The molecular weight excluding hydrogens is 582 g/mol. The summed E-state index contributed by atoms with van der Waals surface area (Å²) < 4.78 is 37.8. The predicted octanol–water partition coefficient (Wildman–Crippen LogP) is 3.06. The van der Waals surface area contributed by atoms with Crippen LogP contribution in [0.15, 0.2) is 41.3 Å². The van der Waals surface area contributed by atoms with Crippen LogP contribution in [-0.2, 0) is 4.74 Å². The largest absolute Gasteiger partial charge is 0.477 e. The quantitative estimate of drug-likeness (QED) is 0.344. The van der Waals surface area contributed by atoms with E-state index in [4.69, 9.17) is 17.0 Å². The van der Waals surface area contributed by atoms with Gasteiger partial charge in [-0.15, -0.1) is 0 Å². The molecule has 226 valence electrons. The first-order valence-electron chi connectivity index (χ1n) is 14.0. The van der Waals surface area contributed by atoms with E-state index in [1.807, 2.05) is 9.80 Å². The third kappa shape index (κ3) is 5.54. The van der Waals surface area contributed by atoms with Crippen molar-refractivity contribution < 1.29 is 28.2 Å². The molecule has 14 heteroatoms. The van der Waals surface area contributed by atoms with Crippen molar-refractivity contribution in [3.63, 3.8) is 0 Å². The number of pyridine rings is 1. The fourth-order valence-corrected chi connectivity index (χ4v) is 5.73. The number of benzene rings is 2. The molecule has 6 rings (SSSR count). The molecule has 3 aliphatic rings. The molecule has 2 saturated heterocycles. The number of hydrogen-bond donors (Lipinski definition) is 3. The van der Waals surface area contributed by atoms with Crippen LogP contribution >= 0.6 is 12.2 Å². The molecule has 3 fully saturated rings. The van der Waals surface area contributed by atoms with Crippen molar-refractivity contribution in [3.05, 3.63) is 63.9 Å². The van der Waals surface area contributed by atoms with Crippen molar-refractivity contribution in [2.45, 2.75) is 25.0 Å². The summed E-state index contributed by atoms with van der Waals surface area (Å²) in [6, 6.07) is 7.42. The van der Waals surface area contributed by atoms with E-state index < -0.39 is 35.2 Å². The van der Waals surface area contributed by atoms with E-state index in [-0.39, 0.29) is 23.5 Å². The van der Waals surface area contributed by atoms with E-state index >= 15 is 8.78 Å². The first kappa shape index (κ1) is 28.6. The van der Waals surface area contributed by atoms with Gasteiger partial charge in [0.05, 0.1) is 35.7 Å². The summed E-state index contributed by atoms with van der Waals surface area (Å²) in [4.78, 5) is 41.9. The molecule has 0 unspecified atom stereocenters. The Balaban J connectivity index is 1.16. The van der Waals surface area contributed by atoms with Gasteiger partial charge in [0.2, 0.25) is 5.43 Å². The minimum Gasteiger partial charge on any atom is -0.477 e. The molecular formula is C29H30F2N6O5S. The van der Waals surface area contributed by atoms with Crippen LogP contribution < -0.4 is 30.8 Å². The number of carboxylic acids is 1.